The van der Waals surface area contributed by atoms with Crippen LogP contribution in [0, 0.1) is 5.82 Å². The molecule has 0 fully saturated rings. The summed E-state index contributed by atoms with van der Waals surface area (Å²) in [4.78, 5) is 14.3. The molecule has 7 heteroatoms. The van der Waals surface area contributed by atoms with Crippen molar-refractivity contribution in [3.63, 3.8) is 0 Å². The molecule has 88 valence electrons. The number of aromatic nitrogens is 1. The van der Waals surface area contributed by atoms with Gasteiger partial charge in [0.25, 0.3) is 12.3 Å². The van der Waals surface area contributed by atoms with Crippen LogP contribution in [0.2, 0.25) is 0 Å². The lowest BCUT2D eigenvalue weighted by Gasteiger charge is -2.06. The van der Waals surface area contributed by atoms with Crippen molar-refractivity contribution >= 4 is 5.97 Å². The maximum atomic E-state index is 13.2. The summed E-state index contributed by atoms with van der Waals surface area (Å²) in [5, 5.41) is 0. The van der Waals surface area contributed by atoms with Gasteiger partial charge in [0.1, 0.15) is 0 Å². The molecule has 0 aliphatic heterocycles. The number of carbonyl (C=O) groups excluding carboxylic acids is 1. The highest BCUT2D eigenvalue weighted by molar-refractivity contribution is 5.88. The molecule has 0 saturated heterocycles. The molecule has 0 aliphatic rings. The number of methoxy groups -OCH3 is 1. The Morgan fingerprint density at radius 2 is 2.25 bits per heavy atom. The van der Waals surface area contributed by atoms with Gasteiger partial charge in [-0.15, -0.1) is 0 Å². The topological polar surface area (TPSA) is 48.4 Å². The molecule has 0 atom stereocenters. The Bertz CT molecular complexity index is 384. The number of esters is 1. The van der Waals surface area contributed by atoms with E-state index in [1.807, 2.05) is 0 Å². The van der Waals surface area contributed by atoms with Gasteiger partial charge in [0, 0.05) is 6.20 Å². The summed E-state index contributed by atoms with van der Waals surface area (Å²) in [6.07, 6.45) is -1.74. The largest absolute Gasteiger partial charge is 0.470 e. The highest BCUT2D eigenvalue weighted by Crippen LogP contribution is 2.15. The molecule has 0 saturated carbocycles. The lowest BCUT2D eigenvalue weighted by atomic mass is 10.3. The van der Waals surface area contributed by atoms with E-state index in [2.05, 4.69) is 14.5 Å². The van der Waals surface area contributed by atoms with Crippen LogP contribution in [0.4, 0.5) is 13.2 Å². The van der Waals surface area contributed by atoms with Gasteiger partial charge >= 0.3 is 5.97 Å². The van der Waals surface area contributed by atoms with Crippen LogP contribution in [0.3, 0.4) is 0 Å². The molecule has 1 aromatic rings. The summed E-state index contributed by atoms with van der Waals surface area (Å²) in [6.45, 7) is -0.957. The van der Waals surface area contributed by atoms with Gasteiger partial charge in [0.15, 0.2) is 12.4 Å². The van der Waals surface area contributed by atoms with Crippen LogP contribution in [0.15, 0.2) is 12.3 Å². The molecular weight excluding hydrogens is 227 g/mol. The van der Waals surface area contributed by atoms with Crippen LogP contribution in [-0.2, 0) is 4.74 Å². The summed E-state index contributed by atoms with van der Waals surface area (Å²) in [6, 6.07) is 0.805. The number of halogens is 3. The number of nitrogens with zero attached hydrogens (tertiary/aromatic N) is 1. The van der Waals surface area contributed by atoms with Crippen molar-refractivity contribution in [1.29, 1.82) is 0 Å². The molecule has 1 heterocycles. The van der Waals surface area contributed by atoms with Crippen molar-refractivity contribution in [3.05, 3.63) is 23.6 Å². The first-order valence-electron chi connectivity index (χ1n) is 4.19. The average molecular weight is 235 g/mol. The van der Waals surface area contributed by atoms with Crippen LogP contribution < -0.4 is 4.74 Å². The second kappa shape index (κ2) is 5.34. The summed E-state index contributed by atoms with van der Waals surface area (Å²) in [5.41, 5.74) is -0.121. The van der Waals surface area contributed by atoms with Gasteiger partial charge < -0.3 is 9.47 Å². The Hall–Kier alpha value is -1.79. The summed E-state index contributed by atoms with van der Waals surface area (Å²) < 4.78 is 45.4. The number of ether oxygens (including phenoxy) is 2. The lowest BCUT2D eigenvalue weighted by molar-refractivity contribution is 0.0597. The summed E-state index contributed by atoms with van der Waals surface area (Å²) in [5.74, 6) is -2.34. The monoisotopic (exact) mass is 235 g/mol. The molecule has 1 rings (SSSR count). The molecule has 0 aromatic carbocycles. The zero-order valence-corrected chi connectivity index (χ0v) is 8.25. The maximum Gasteiger partial charge on any atom is 0.339 e. The van der Waals surface area contributed by atoms with Crippen molar-refractivity contribution in [2.24, 2.45) is 0 Å². The Morgan fingerprint density at radius 3 is 2.75 bits per heavy atom. The Kier molecular flexibility index (Phi) is 4.10. The van der Waals surface area contributed by atoms with Gasteiger partial charge in [-0.2, -0.15) is 0 Å². The van der Waals surface area contributed by atoms with Crippen molar-refractivity contribution in [1.82, 2.24) is 4.98 Å². The molecule has 4 nitrogen and oxygen atoms in total. The van der Waals surface area contributed by atoms with Crippen LogP contribution in [0.1, 0.15) is 10.4 Å². The van der Waals surface area contributed by atoms with E-state index in [0.717, 1.165) is 19.4 Å². The first kappa shape index (κ1) is 12.3. The van der Waals surface area contributed by atoms with E-state index in [4.69, 9.17) is 0 Å². The molecule has 0 bridgehead atoms. The highest BCUT2D eigenvalue weighted by atomic mass is 19.3. The molecule has 0 radical (unpaired) electrons. The minimum absolute atomic E-state index is 0.121. The minimum Gasteiger partial charge on any atom is -0.470 e. The molecule has 0 amide bonds. The lowest BCUT2D eigenvalue weighted by Crippen LogP contribution is -2.10. The zero-order chi connectivity index (χ0) is 12.1. The van der Waals surface area contributed by atoms with Gasteiger partial charge in [-0.1, -0.05) is 0 Å². The van der Waals surface area contributed by atoms with Gasteiger partial charge in [0.05, 0.1) is 12.7 Å². The fourth-order valence-electron chi connectivity index (χ4n) is 0.903. The smallest absolute Gasteiger partial charge is 0.339 e. The first-order chi connectivity index (χ1) is 7.54. The molecule has 1 aromatic heterocycles. The Labute approximate surface area is 89.0 Å². The number of carbonyl (C=O) groups is 1. The predicted octanol–water partition coefficient (Wildman–Crippen LogP) is 1.65. The maximum absolute atomic E-state index is 13.2. The van der Waals surface area contributed by atoms with E-state index >= 15 is 0 Å². The van der Waals surface area contributed by atoms with Crippen molar-refractivity contribution < 1.29 is 27.4 Å². The number of rotatable bonds is 4. The molecule has 0 N–H and O–H groups in total. The fraction of sp³-hybridized carbons (Fsp3) is 0.333. The van der Waals surface area contributed by atoms with E-state index in [1.54, 1.807) is 0 Å². The van der Waals surface area contributed by atoms with Crippen molar-refractivity contribution in [3.8, 4) is 5.88 Å². The van der Waals surface area contributed by atoms with Crippen molar-refractivity contribution in [2.45, 2.75) is 6.43 Å². The van der Waals surface area contributed by atoms with E-state index < -0.39 is 30.7 Å². The van der Waals surface area contributed by atoms with Gasteiger partial charge in [-0.3, -0.25) is 0 Å². The van der Waals surface area contributed by atoms with Crippen LogP contribution in [0.25, 0.3) is 0 Å². The molecule has 0 spiro atoms. The van der Waals surface area contributed by atoms with Gasteiger partial charge in [-0.25, -0.2) is 22.9 Å². The summed E-state index contributed by atoms with van der Waals surface area (Å²) in [7, 11) is 1.13. The normalized spacial score (nSPS) is 10.3. The quantitative estimate of drug-likeness (QED) is 0.744. The SMILES string of the molecule is COC(=O)c1cnc(OCC(F)F)c(F)c1. The van der Waals surface area contributed by atoms with E-state index in [0.29, 0.717) is 0 Å². The van der Waals surface area contributed by atoms with Gasteiger partial charge in [-0.05, 0) is 6.07 Å². The molecule has 0 aliphatic carbocycles. The van der Waals surface area contributed by atoms with E-state index in [1.165, 1.54) is 0 Å². The Morgan fingerprint density at radius 1 is 1.56 bits per heavy atom. The molecule has 16 heavy (non-hydrogen) atoms. The average Bonchev–Trinajstić information content (AvgIpc) is 2.26. The number of alkyl halides is 2. The summed E-state index contributed by atoms with van der Waals surface area (Å²) >= 11 is 0. The zero-order valence-electron chi connectivity index (χ0n) is 8.25. The number of hydrogen-bond acceptors (Lipinski definition) is 4. The van der Waals surface area contributed by atoms with Gasteiger partial charge in [0.2, 0.25) is 0 Å². The van der Waals surface area contributed by atoms with Crippen LogP contribution in [0.5, 0.6) is 5.88 Å². The Balaban J connectivity index is 2.79. The van der Waals surface area contributed by atoms with Crippen LogP contribution >= 0.6 is 0 Å². The van der Waals surface area contributed by atoms with Crippen LogP contribution in [-0.4, -0.2) is 31.1 Å². The standard InChI is InChI=1S/C9H8F3NO3/c1-15-9(14)5-2-6(10)8(13-3-5)16-4-7(11)12/h2-3,7H,4H2,1H3. The van der Waals surface area contributed by atoms with E-state index in [9.17, 15) is 18.0 Å². The third-order valence-electron chi connectivity index (χ3n) is 1.57. The minimum atomic E-state index is -2.72. The molecule has 0 unspecified atom stereocenters. The fourth-order valence-corrected chi connectivity index (χ4v) is 0.903. The number of pyridine rings is 1. The second-order valence-corrected chi connectivity index (χ2v) is 2.70. The second-order valence-electron chi connectivity index (χ2n) is 2.70. The molecular formula is C9H8F3NO3. The third kappa shape index (κ3) is 3.11. The first-order valence-corrected chi connectivity index (χ1v) is 4.19. The number of hydrogen-bond donors (Lipinski definition) is 0. The van der Waals surface area contributed by atoms with E-state index in [-0.39, 0.29) is 5.56 Å². The predicted molar refractivity (Wildman–Crippen MR) is 47.0 cm³/mol. The van der Waals surface area contributed by atoms with Crippen molar-refractivity contribution in [2.75, 3.05) is 13.7 Å². The third-order valence-corrected chi connectivity index (χ3v) is 1.57. The highest BCUT2D eigenvalue weighted by Gasteiger charge is 2.13.